The zero-order valence-corrected chi connectivity index (χ0v) is 8.82. The second kappa shape index (κ2) is 3.11. The number of hydrogen-bond acceptors (Lipinski definition) is 2. The van der Waals surface area contributed by atoms with Gasteiger partial charge in [0, 0.05) is 0 Å². The Morgan fingerprint density at radius 3 is 2.57 bits per heavy atom. The van der Waals surface area contributed by atoms with Crippen LogP contribution in [-0.4, -0.2) is 12.1 Å². The van der Waals surface area contributed by atoms with Crippen molar-refractivity contribution in [2.24, 2.45) is 5.41 Å². The summed E-state index contributed by atoms with van der Waals surface area (Å²) in [7, 11) is -0.754. The van der Waals surface area contributed by atoms with Crippen molar-refractivity contribution < 1.29 is 9.68 Å². The lowest BCUT2D eigenvalue weighted by Crippen LogP contribution is -2.28. The minimum absolute atomic E-state index is 0.00583. The second-order valence-corrected chi connectivity index (χ2v) is 4.86. The molecule has 2 rings (SSSR count). The van der Waals surface area contributed by atoms with Crippen molar-refractivity contribution in [1.29, 1.82) is 0 Å². The van der Waals surface area contributed by atoms with Gasteiger partial charge in [-0.1, -0.05) is 45.0 Å². The van der Waals surface area contributed by atoms with Crippen LogP contribution in [0.5, 0.6) is 0 Å². The highest BCUT2D eigenvalue weighted by atomic mass is 16.5. The maximum Gasteiger partial charge on any atom is 0.491 e. The van der Waals surface area contributed by atoms with E-state index in [2.05, 4.69) is 20.8 Å². The molecular weight excluding hydrogens is 175 g/mol. The van der Waals surface area contributed by atoms with E-state index in [4.69, 9.17) is 4.65 Å². The maximum atomic E-state index is 9.69. The number of rotatable bonds is 0. The molecule has 0 saturated carbocycles. The molecule has 0 amide bonds. The molecule has 0 saturated heterocycles. The van der Waals surface area contributed by atoms with Crippen LogP contribution in [0.1, 0.15) is 32.4 Å². The molecule has 1 aliphatic rings. The van der Waals surface area contributed by atoms with Crippen LogP contribution in [0.15, 0.2) is 24.3 Å². The molecular formula is C11H15BO2. The summed E-state index contributed by atoms with van der Waals surface area (Å²) in [5.74, 6) is 0. The molecule has 1 atom stereocenters. The largest absolute Gasteiger partial charge is 0.491 e. The molecule has 0 bridgehead atoms. The van der Waals surface area contributed by atoms with Crippen LogP contribution in [0.25, 0.3) is 0 Å². The van der Waals surface area contributed by atoms with Gasteiger partial charge in [0.1, 0.15) is 0 Å². The third-order valence-corrected chi connectivity index (χ3v) is 2.60. The lowest BCUT2D eigenvalue weighted by atomic mass is 9.77. The molecule has 0 aromatic heterocycles. The third kappa shape index (κ3) is 1.47. The van der Waals surface area contributed by atoms with E-state index in [9.17, 15) is 5.02 Å². The number of hydrogen-bond donors (Lipinski definition) is 1. The first-order valence-electron chi connectivity index (χ1n) is 4.92. The summed E-state index contributed by atoms with van der Waals surface area (Å²) in [4.78, 5) is 0. The Hall–Kier alpha value is -0.795. The van der Waals surface area contributed by atoms with Gasteiger partial charge in [-0.3, -0.25) is 0 Å². The molecule has 1 heterocycles. The van der Waals surface area contributed by atoms with Gasteiger partial charge in [0.15, 0.2) is 0 Å². The monoisotopic (exact) mass is 190 g/mol. The minimum atomic E-state index is -0.754. The minimum Gasteiger partial charge on any atom is -0.423 e. The fraction of sp³-hybridized carbons (Fsp3) is 0.455. The average molecular weight is 190 g/mol. The Labute approximate surface area is 85.1 Å². The van der Waals surface area contributed by atoms with Crippen LogP contribution >= 0.6 is 0 Å². The van der Waals surface area contributed by atoms with Crippen LogP contribution < -0.4 is 5.46 Å². The molecule has 3 heteroatoms. The molecule has 0 spiro atoms. The Morgan fingerprint density at radius 1 is 1.29 bits per heavy atom. The lowest BCUT2D eigenvalue weighted by molar-refractivity contribution is 0.0812. The Balaban J connectivity index is 2.44. The molecule has 0 aliphatic carbocycles. The lowest BCUT2D eigenvalue weighted by Gasteiger charge is -2.27. The van der Waals surface area contributed by atoms with Gasteiger partial charge in [-0.15, -0.1) is 0 Å². The summed E-state index contributed by atoms with van der Waals surface area (Å²) in [5, 5.41) is 9.69. The van der Waals surface area contributed by atoms with E-state index in [0.717, 1.165) is 11.0 Å². The van der Waals surface area contributed by atoms with Gasteiger partial charge >= 0.3 is 7.12 Å². The van der Waals surface area contributed by atoms with Crippen LogP contribution in [0.3, 0.4) is 0 Å². The van der Waals surface area contributed by atoms with Crippen molar-refractivity contribution in [3.63, 3.8) is 0 Å². The van der Waals surface area contributed by atoms with E-state index < -0.39 is 7.12 Å². The van der Waals surface area contributed by atoms with Crippen LogP contribution in [0, 0.1) is 5.41 Å². The Kier molecular flexibility index (Phi) is 2.16. The smallest absolute Gasteiger partial charge is 0.423 e. The zero-order valence-electron chi connectivity index (χ0n) is 8.82. The molecule has 1 aromatic rings. The van der Waals surface area contributed by atoms with Crippen molar-refractivity contribution in [2.45, 2.75) is 26.9 Å². The number of benzene rings is 1. The quantitative estimate of drug-likeness (QED) is 0.628. The first kappa shape index (κ1) is 9.75. The topological polar surface area (TPSA) is 29.5 Å². The van der Waals surface area contributed by atoms with Crippen LogP contribution in [0.2, 0.25) is 0 Å². The summed E-state index contributed by atoms with van der Waals surface area (Å²) in [6, 6.07) is 7.86. The molecule has 0 radical (unpaired) electrons. The maximum absolute atomic E-state index is 9.69. The average Bonchev–Trinajstić information content (AvgIpc) is 2.44. The molecule has 1 unspecified atom stereocenters. The van der Waals surface area contributed by atoms with Gasteiger partial charge in [0.25, 0.3) is 0 Å². The number of fused-ring (bicyclic) bond motifs is 1. The van der Waals surface area contributed by atoms with Crippen molar-refractivity contribution >= 4 is 12.6 Å². The highest BCUT2D eigenvalue weighted by molar-refractivity contribution is 6.61. The SMILES string of the molecule is CC(C)(C)C1OB(O)c2ccccc21. The van der Waals surface area contributed by atoms with Crippen molar-refractivity contribution in [3.05, 3.63) is 29.8 Å². The van der Waals surface area contributed by atoms with Crippen molar-refractivity contribution in [3.8, 4) is 0 Å². The van der Waals surface area contributed by atoms with E-state index in [-0.39, 0.29) is 11.5 Å². The van der Waals surface area contributed by atoms with Crippen LogP contribution in [-0.2, 0) is 4.65 Å². The highest BCUT2D eigenvalue weighted by Gasteiger charge is 2.40. The summed E-state index contributed by atoms with van der Waals surface area (Å²) in [6.07, 6.45) is -0.00583. The molecule has 14 heavy (non-hydrogen) atoms. The Morgan fingerprint density at radius 2 is 1.93 bits per heavy atom. The van der Waals surface area contributed by atoms with Gasteiger partial charge in [-0.2, -0.15) is 0 Å². The van der Waals surface area contributed by atoms with E-state index >= 15 is 0 Å². The zero-order chi connectivity index (χ0) is 10.3. The summed E-state index contributed by atoms with van der Waals surface area (Å²) >= 11 is 0. The first-order valence-corrected chi connectivity index (χ1v) is 4.92. The molecule has 1 aliphatic heterocycles. The van der Waals surface area contributed by atoms with E-state index in [1.165, 1.54) is 0 Å². The predicted molar refractivity (Wildman–Crippen MR) is 57.3 cm³/mol. The molecule has 1 aromatic carbocycles. The van der Waals surface area contributed by atoms with Gasteiger partial charge in [0.2, 0.25) is 0 Å². The normalized spacial score (nSPS) is 21.1. The fourth-order valence-electron chi connectivity index (χ4n) is 1.92. The van der Waals surface area contributed by atoms with E-state index in [1.807, 2.05) is 24.3 Å². The van der Waals surface area contributed by atoms with Crippen molar-refractivity contribution in [1.82, 2.24) is 0 Å². The summed E-state index contributed by atoms with van der Waals surface area (Å²) in [5.41, 5.74) is 2.05. The molecule has 2 nitrogen and oxygen atoms in total. The summed E-state index contributed by atoms with van der Waals surface area (Å²) in [6.45, 7) is 6.35. The standard InChI is InChI=1S/C11H15BO2/c1-11(2,3)10-8-6-4-5-7-9(8)12(13)14-10/h4-7,10,13H,1-3H3. The van der Waals surface area contributed by atoms with Gasteiger partial charge < -0.3 is 9.68 Å². The van der Waals surface area contributed by atoms with E-state index in [0.29, 0.717) is 0 Å². The highest BCUT2D eigenvalue weighted by Crippen LogP contribution is 2.38. The predicted octanol–water partition coefficient (Wildman–Crippen LogP) is 1.49. The van der Waals surface area contributed by atoms with E-state index in [1.54, 1.807) is 0 Å². The molecule has 1 N–H and O–H groups in total. The van der Waals surface area contributed by atoms with Gasteiger partial charge in [-0.25, -0.2) is 0 Å². The van der Waals surface area contributed by atoms with Gasteiger partial charge in [0.05, 0.1) is 6.10 Å². The first-order chi connectivity index (χ1) is 6.50. The summed E-state index contributed by atoms with van der Waals surface area (Å²) < 4.78 is 5.55. The van der Waals surface area contributed by atoms with Crippen molar-refractivity contribution in [2.75, 3.05) is 0 Å². The van der Waals surface area contributed by atoms with Crippen LogP contribution in [0.4, 0.5) is 0 Å². The van der Waals surface area contributed by atoms with Gasteiger partial charge in [-0.05, 0) is 16.4 Å². The Bertz CT molecular complexity index is 343. The molecule has 0 fully saturated rings. The third-order valence-electron chi connectivity index (χ3n) is 2.60. The molecule has 74 valence electrons. The fourth-order valence-corrected chi connectivity index (χ4v) is 1.92. The second-order valence-electron chi connectivity index (χ2n) is 4.86.